The molecule has 0 unspecified atom stereocenters. The van der Waals surface area contributed by atoms with Crippen molar-refractivity contribution in [1.29, 1.82) is 0 Å². The van der Waals surface area contributed by atoms with Crippen LogP contribution >= 0.6 is 16.2 Å². The number of ether oxygens (including phenoxy) is 1. The predicted molar refractivity (Wildman–Crippen MR) is 206 cm³/mol. The van der Waals surface area contributed by atoms with Gasteiger partial charge in [-0.2, -0.15) is 0 Å². The fourth-order valence-corrected chi connectivity index (χ4v) is 11.3. The molecule has 0 bridgehead atoms. The molecule has 6 aromatic rings. The molecule has 1 atom stereocenters. The molecule has 0 aliphatic heterocycles. The lowest BCUT2D eigenvalue weighted by Crippen LogP contribution is -2.38. The van der Waals surface area contributed by atoms with Crippen molar-refractivity contribution >= 4 is 48.2 Å². The second-order valence-electron chi connectivity index (χ2n) is 12.4. The van der Waals surface area contributed by atoms with Gasteiger partial charge in [-0.1, -0.05) is 171 Å². The Morgan fingerprint density at radius 2 is 1.06 bits per heavy atom. The Hall–Kier alpha value is -3.84. The molecule has 1 aliphatic rings. The van der Waals surface area contributed by atoms with E-state index in [9.17, 15) is 0 Å². The first-order valence-corrected chi connectivity index (χ1v) is 19.7. The monoisotopic (exact) mass is 667 g/mol. The van der Waals surface area contributed by atoms with Crippen LogP contribution in [0, 0.1) is 0 Å². The van der Waals surface area contributed by atoms with Gasteiger partial charge in [0.1, 0.15) is 12.4 Å². The van der Waals surface area contributed by atoms with Crippen molar-refractivity contribution in [2.45, 2.75) is 44.2 Å². The Bertz CT molecular complexity index is 1750. The highest BCUT2D eigenvalue weighted by molar-refractivity contribution is 7.70. The summed E-state index contributed by atoms with van der Waals surface area (Å²) in [6, 6.07) is 59.1. The zero-order chi connectivity index (χ0) is 32.4. The summed E-state index contributed by atoms with van der Waals surface area (Å²) in [5, 5.41) is 7.58. The van der Waals surface area contributed by atoms with E-state index in [0.717, 1.165) is 24.1 Å². The molecule has 0 saturated heterocycles. The molecule has 1 fully saturated rings. The molecule has 242 valence electrons. The van der Waals surface area contributed by atoms with Crippen LogP contribution in [0.1, 0.15) is 32.1 Å². The van der Waals surface area contributed by atoms with E-state index >= 15 is 0 Å². The molecule has 7 rings (SSSR count). The number of rotatable bonds is 14. The molecular weight excluding hydrogens is 624 g/mol. The number of hydrogen-bond donors (Lipinski definition) is 0. The average Bonchev–Trinajstić information content (AvgIpc) is 3.70. The van der Waals surface area contributed by atoms with E-state index in [-0.39, 0.29) is 6.10 Å². The van der Waals surface area contributed by atoms with Crippen LogP contribution < -0.4 is 26.0 Å². The maximum Gasteiger partial charge on any atom is 0.127 e. The van der Waals surface area contributed by atoms with Gasteiger partial charge in [0, 0.05) is 36.7 Å². The maximum atomic E-state index is 7.28. The number of benzene rings is 6. The third-order valence-electron chi connectivity index (χ3n) is 9.10. The van der Waals surface area contributed by atoms with Crippen LogP contribution in [-0.4, -0.2) is 30.0 Å². The summed E-state index contributed by atoms with van der Waals surface area (Å²) in [5.41, 5.74) is 0. The van der Waals surface area contributed by atoms with E-state index in [2.05, 4.69) is 168 Å². The Morgan fingerprint density at radius 3 is 1.65 bits per heavy atom. The lowest BCUT2D eigenvalue weighted by molar-refractivity contribution is 0.129. The third kappa shape index (κ3) is 8.06. The van der Waals surface area contributed by atoms with E-state index < -0.39 is 16.2 Å². The Balaban J connectivity index is 1.22. The molecular formula is C43H43NO2P2. The summed E-state index contributed by atoms with van der Waals surface area (Å²) >= 11 is 0. The van der Waals surface area contributed by atoms with Gasteiger partial charge in [0.2, 0.25) is 0 Å². The van der Waals surface area contributed by atoms with Gasteiger partial charge < -0.3 is 9.26 Å². The summed E-state index contributed by atoms with van der Waals surface area (Å²) in [6.07, 6.45) is 5.85. The van der Waals surface area contributed by atoms with Crippen molar-refractivity contribution in [3.8, 4) is 5.75 Å². The fraction of sp³-hybridized carbons (Fsp3) is 0.209. The smallest absolute Gasteiger partial charge is 0.127 e. The molecule has 6 aromatic carbocycles. The van der Waals surface area contributed by atoms with Crippen LogP contribution in [0.4, 0.5) is 0 Å². The van der Waals surface area contributed by atoms with E-state index in [1.165, 1.54) is 52.3 Å². The lowest BCUT2D eigenvalue weighted by atomic mass is 10.1. The summed E-state index contributed by atoms with van der Waals surface area (Å²) in [6.45, 7) is 1.43. The minimum atomic E-state index is -1.04. The molecule has 0 spiro atoms. The minimum Gasteiger partial charge on any atom is -0.490 e. The van der Waals surface area contributed by atoms with Crippen molar-refractivity contribution in [3.63, 3.8) is 0 Å². The van der Waals surface area contributed by atoms with Crippen molar-refractivity contribution in [2.75, 3.05) is 13.2 Å². The van der Waals surface area contributed by atoms with Gasteiger partial charge in [0.05, 0.1) is 14.3 Å². The molecule has 3 nitrogen and oxygen atoms in total. The first kappa shape index (κ1) is 32.7. The molecule has 48 heavy (non-hydrogen) atoms. The van der Waals surface area contributed by atoms with Crippen LogP contribution in [-0.2, 0) is 4.52 Å². The van der Waals surface area contributed by atoms with Gasteiger partial charge in [0.15, 0.2) is 0 Å². The second kappa shape index (κ2) is 16.5. The van der Waals surface area contributed by atoms with E-state index in [1.807, 2.05) is 0 Å². The van der Waals surface area contributed by atoms with Gasteiger partial charge in [0.25, 0.3) is 0 Å². The van der Waals surface area contributed by atoms with Gasteiger partial charge >= 0.3 is 0 Å². The second-order valence-corrected chi connectivity index (χ2v) is 16.4. The molecule has 5 heteroatoms. The molecule has 0 radical (unpaired) electrons. The highest BCUT2D eigenvalue weighted by Gasteiger charge is 2.32. The molecule has 1 aliphatic carbocycles. The first-order valence-electron chi connectivity index (χ1n) is 17.2. The Kier molecular flexibility index (Phi) is 11.2. The lowest BCUT2D eigenvalue weighted by Gasteiger charge is -2.38. The van der Waals surface area contributed by atoms with Gasteiger partial charge in [-0.3, -0.25) is 4.67 Å². The topological polar surface area (TPSA) is 21.7 Å². The molecule has 0 amide bonds. The van der Waals surface area contributed by atoms with Gasteiger partial charge in [-0.05, 0) is 41.3 Å². The van der Waals surface area contributed by atoms with Crippen molar-refractivity contribution in [2.24, 2.45) is 0 Å². The molecule has 1 saturated carbocycles. The summed E-state index contributed by atoms with van der Waals surface area (Å²) in [7, 11) is -1.74. The Morgan fingerprint density at radius 1 is 0.562 bits per heavy atom. The SMILES string of the molecule is c1ccc(P(O[C@H](CCN(C2CCCC2)P(c2ccccc2)c2ccccc2)COc2cccc3ccccc23)c2ccccc2)cc1. The average molecular weight is 668 g/mol. The van der Waals surface area contributed by atoms with E-state index in [4.69, 9.17) is 9.26 Å². The van der Waals surface area contributed by atoms with Crippen LogP contribution in [0.5, 0.6) is 5.75 Å². The minimum absolute atomic E-state index is 0.109. The quantitative estimate of drug-likeness (QED) is 0.108. The fourth-order valence-electron chi connectivity index (χ4n) is 6.73. The standard InChI is InChI=1S/C43H43NO2P2/c1-5-22-38(23-6-1)47(39-24-7-2-8-25-39)44(36-20-14-15-21-36)33-32-37(34-45-43-31-17-19-35-18-13-16-30-42(35)43)46-48(40-26-9-3-10-27-40)41-28-11-4-12-29-41/h1-13,16-19,22-31,36-37H,14-15,20-21,32-34H2/t37-/m1/s1. The van der Waals surface area contributed by atoms with Crippen molar-refractivity contribution in [3.05, 3.63) is 164 Å². The predicted octanol–water partition coefficient (Wildman–Crippen LogP) is 9.33. The van der Waals surface area contributed by atoms with Crippen LogP contribution in [0.3, 0.4) is 0 Å². The molecule has 0 aromatic heterocycles. The number of nitrogens with zero attached hydrogens (tertiary/aromatic N) is 1. The molecule has 0 N–H and O–H groups in total. The number of fused-ring (bicyclic) bond motifs is 1. The van der Waals surface area contributed by atoms with Crippen LogP contribution in [0.25, 0.3) is 10.8 Å². The summed E-state index contributed by atoms with van der Waals surface area (Å²) in [4.78, 5) is 0. The van der Waals surface area contributed by atoms with Crippen molar-refractivity contribution < 1.29 is 9.26 Å². The normalized spacial score (nSPS) is 14.2. The summed E-state index contributed by atoms with van der Waals surface area (Å²) in [5.74, 6) is 0.911. The first-order chi connectivity index (χ1) is 23.8. The van der Waals surface area contributed by atoms with Crippen LogP contribution in [0.15, 0.2) is 164 Å². The van der Waals surface area contributed by atoms with Gasteiger partial charge in [-0.25, -0.2) is 0 Å². The molecule has 0 heterocycles. The third-order valence-corrected chi connectivity index (χ3v) is 13.8. The highest BCUT2D eigenvalue weighted by Crippen LogP contribution is 2.45. The largest absolute Gasteiger partial charge is 0.490 e. The van der Waals surface area contributed by atoms with E-state index in [1.54, 1.807) is 0 Å². The Labute approximate surface area is 288 Å². The van der Waals surface area contributed by atoms with Gasteiger partial charge in [-0.15, -0.1) is 0 Å². The highest BCUT2D eigenvalue weighted by atomic mass is 31.1. The van der Waals surface area contributed by atoms with Crippen molar-refractivity contribution in [1.82, 2.24) is 4.67 Å². The number of hydrogen-bond acceptors (Lipinski definition) is 3. The zero-order valence-electron chi connectivity index (χ0n) is 27.4. The summed E-state index contributed by atoms with van der Waals surface area (Å²) < 4.78 is 16.8. The maximum absolute atomic E-state index is 7.28. The van der Waals surface area contributed by atoms with Crippen LogP contribution in [0.2, 0.25) is 0 Å². The zero-order valence-corrected chi connectivity index (χ0v) is 29.1. The van der Waals surface area contributed by atoms with E-state index in [0.29, 0.717) is 12.6 Å².